The first kappa shape index (κ1) is 82.9. The molecule has 0 radical (unpaired) electrons. The van der Waals surface area contributed by atoms with Crippen LogP contribution >= 0.6 is 63.7 Å². The summed E-state index contributed by atoms with van der Waals surface area (Å²) in [5, 5.41) is 7.37. The Balaban J connectivity index is 0.000000144. The molecule has 113 heavy (non-hydrogen) atoms. The normalized spacial score (nSPS) is 15.9. The maximum absolute atomic E-state index is 13.7. The summed E-state index contributed by atoms with van der Waals surface area (Å²) in [6.07, 6.45) is 18.3. The zero-order valence-electron chi connectivity index (χ0n) is 64.6. The Morgan fingerprint density at radius 3 is 1.80 bits per heavy atom. The van der Waals surface area contributed by atoms with Crippen LogP contribution in [0.25, 0.3) is 43.6 Å². The van der Waals surface area contributed by atoms with Gasteiger partial charge in [0.25, 0.3) is 5.91 Å². The number of anilines is 1. The number of hydrogen-bond donors (Lipinski definition) is 1. The average molecular weight is 1790 g/mol. The van der Waals surface area contributed by atoms with E-state index in [1.54, 1.807) is 31.5 Å². The molecule has 5 fully saturated rings. The number of carbonyl (C=O) groups excluding carboxylic acids is 9. The molecular formula is C86H96Br4N14O9. The number of likely N-dealkylation sites (N-methyl/N-ethyl adjacent to an activating group) is 1. The first-order valence-corrected chi connectivity index (χ1v) is 41.2. The predicted octanol–water partition coefficient (Wildman–Crippen LogP) is 12.2. The van der Waals surface area contributed by atoms with Crippen molar-refractivity contribution < 1.29 is 43.2 Å². The number of nitrogens with one attached hydrogen (secondary N) is 1. The van der Waals surface area contributed by atoms with Crippen LogP contribution in [-0.2, 0) is 83.9 Å². The molecule has 5 aliphatic heterocycles. The molecule has 4 aromatic carbocycles. The fourth-order valence-corrected chi connectivity index (χ4v) is 17.7. The number of Topliss-reactive ketones (excluding diaryl/α,β-unsaturated/α-hetero) is 2. The summed E-state index contributed by atoms with van der Waals surface area (Å²) >= 11 is 14.1. The van der Waals surface area contributed by atoms with Gasteiger partial charge in [0.15, 0.2) is 11.6 Å². The van der Waals surface area contributed by atoms with Crippen LogP contribution < -0.4 is 10.2 Å². The number of benzene rings is 4. The highest BCUT2D eigenvalue weighted by Crippen LogP contribution is 2.37. The van der Waals surface area contributed by atoms with Gasteiger partial charge in [-0.05, 0) is 173 Å². The number of ketones is 2. The quantitative estimate of drug-likeness (QED) is 0.0626. The van der Waals surface area contributed by atoms with E-state index >= 15 is 0 Å². The van der Waals surface area contributed by atoms with E-state index in [-0.39, 0.29) is 82.9 Å². The third-order valence-electron chi connectivity index (χ3n) is 21.9. The highest BCUT2D eigenvalue weighted by atomic mass is 79.9. The Kier molecular flexibility index (Phi) is 26.6. The summed E-state index contributed by atoms with van der Waals surface area (Å²) in [5.74, 6) is 1.10. The van der Waals surface area contributed by atoms with Crippen molar-refractivity contribution in [2.75, 3.05) is 105 Å². The molecule has 1 N–H and O–H groups in total. The number of hydrogen-bond acceptors (Lipinski definition) is 12. The van der Waals surface area contributed by atoms with Gasteiger partial charge >= 0.3 is 0 Å². The molecule has 0 saturated carbocycles. The molecule has 592 valence electrons. The summed E-state index contributed by atoms with van der Waals surface area (Å²) in [4.78, 5) is 130. The largest absolute Gasteiger partial charge is 0.353 e. The summed E-state index contributed by atoms with van der Waals surface area (Å²) in [5.41, 5.74) is 9.62. The smallest absolute Gasteiger partial charge is 0.256 e. The minimum Gasteiger partial charge on any atom is -0.353 e. The molecule has 15 rings (SSSR count). The first-order valence-electron chi connectivity index (χ1n) is 38.0. The standard InChI is InChI=1S/C30H35BrN6O3.C20H22BrN3O2.C18H20BrN3O2.C18H19BrN2O2/c1-4-29(39)37-17-22(18-37)13-24(38)19-36-20-26(25-14-23(31)6-7-27(25)36)30(40)35-11-9-34(10-12-35)28-8-5-21(15-32-28)16-33(2)3;1-2-20(26)23-10-14(11-23)22-19(25)12-24-17-6-4-3-5-15(17)16-9-13(21)7-8-18(16)24;1-4-16(23)22-9-15(10-22)20(3)17(24)11-21-6-5-13-8-14(19)7-12(2)18(13)21;1-3-17(23)21-11-18(2,12-21)9-15(22)10-20-7-6-13-8-14(19)4-5-16(13)20/h4-8,14-15,20,22H,1,9-13,16-19H2,2-3H3;2,7-9,14H,1,3-6,10-12H2,(H,22,25);4-8,15H,1,9-11H2,2-3H3;3-8H,1,9-12H2,2H3. The van der Waals surface area contributed by atoms with Gasteiger partial charge in [-0.15, -0.1) is 0 Å². The number of nitrogens with zero attached hydrogens (tertiary/aromatic N) is 13. The molecular weight excluding hydrogens is 1690 g/mol. The minimum absolute atomic E-state index is 0.00824. The molecule has 27 heteroatoms. The van der Waals surface area contributed by atoms with Crippen LogP contribution in [0.4, 0.5) is 5.82 Å². The molecule has 0 unspecified atom stereocenters. The lowest BCUT2D eigenvalue weighted by Crippen LogP contribution is -2.61. The second kappa shape index (κ2) is 36.3. The van der Waals surface area contributed by atoms with E-state index in [9.17, 15) is 43.2 Å². The summed E-state index contributed by atoms with van der Waals surface area (Å²) in [6.45, 7) is 27.4. The fraction of sp³-hybridized carbons (Fsp3) is 0.372. The van der Waals surface area contributed by atoms with Gasteiger partial charge in [0.1, 0.15) is 18.9 Å². The molecule has 6 aliphatic rings. The number of fused-ring (bicyclic) bond motifs is 6. The van der Waals surface area contributed by atoms with Crippen molar-refractivity contribution >= 4 is 166 Å². The number of piperazine rings is 1. The number of aryl methyl sites for hydroxylation is 2. The second-order valence-corrected chi connectivity index (χ2v) is 34.5. The van der Waals surface area contributed by atoms with Crippen LogP contribution in [0.1, 0.15) is 65.3 Å². The SMILES string of the molecule is C=CC(=O)N1CC(C)(CC(=O)Cn2ccc3cc(Br)ccc32)C1.C=CC(=O)N1CC(CC(=O)Cn2cc(C(=O)N3CCN(c4ccc(CN(C)C)cn4)CC3)c3cc(Br)ccc32)C1.C=CC(=O)N1CC(N(C)C(=O)Cn2ccc3cc(Br)cc(C)c32)C1.C=CC(=O)N1CC(NC(=O)Cn2c3c(c4cc(Br)ccc42)CCCC3)C1. The third kappa shape index (κ3) is 19.6. The lowest BCUT2D eigenvalue weighted by Gasteiger charge is -2.47. The molecule has 1 aliphatic carbocycles. The number of halogens is 4. The van der Waals surface area contributed by atoms with Gasteiger partial charge < -0.3 is 62.8 Å². The predicted molar refractivity (Wildman–Crippen MR) is 456 cm³/mol. The van der Waals surface area contributed by atoms with Crippen molar-refractivity contribution in [3.8, 4) is 0 Å². The van der Waals surface area contributed by atoms with E-state index in [1.165, 1.54) is 59.4 Å². The Bertz CT molecular complexity index is 5180. The first-order chi connectivity index (χ1) is 54.1. The number of aromatic nitrogens is 5. The molecule has 0 atom stereocenters. The second-order valence-electron chi connectivity index (χ2n) is 30.8. The molecule has 5 saturated heterocycles. The van der Waals surface area contributed by atoms with Crippen molar-refractivity contribution in [2.45, 2.75) is 97.2 Å². The van der Waals surface area contributed by atoms with Crippen LogP contribution in [0.3, 0.4) is 0 Å². The Morgan fingerprint density at radius 2 is 1.15 bits per heavy atom. The van der Waals surface area contributed by atoms with Gasteiger partial charge in [-0.1, -0.05) is 103 Å². The summed E-state index contributed by atoms with van der Waals surface area (Å²) < 4.78 is 12.1. The third-order valence-corrected chi connectivity index (χ3v) is 23.8. The van der Waals surface area contributed by atoms with E-state index < -0.39 is 0 Å². The zero-order chi connectivity index (χ0) is 80.7. The van der Waals surface area contributed by atoms with Crippen molar-refractivity contribution in [1.29, 1.82) is 0 Å². The van der Waals surface area contributed by atoms with Crippen molar-refractivity contribution in [3.05, 3.63) is 212 Å². The van der Waals surface area contributed by atoms with Crippen LogP contribution in [0.2, 0.25) is 0 Å². The lowest BCUT2D eigenvalue weighted by molar-refractivity contribution is -0.142. The lowest BCUT2D eigenvalue weighted by atomic mass is 9.77. The average Bonchev–Trinajstić information content (AvgIpc) is 1.75. The fourth-order valence-electron chi connectivity index (χ4n) is 16.0. The van der Waals surface area contributed by atoms with Crippen molar-refractivity contribution in [2.24, 2.45) is 11.3 Å². The van der Waals surface area contributed by atoms with Gasteiger partial charge in [0, 0.05) is 203 Å². The highest BCUT2D eigenvalue weighted by molar-refractivity contribution is 9.11. The summed E-state index contributed by atoms with van der Waals surface area (Å²) in [7, 11) is 5.88. The Morgan fingerprint density at radius 1 is 0.575 bits per heavy atom. The number of carbonyl (C=O) groups is 9. The van der Waals surface area contributed by atoms with E-state index in [2.05, 4.69) is 158 Å². The topological polar surface area (TPSA) is 224 Å². The van der Waals surface area contributed by atoms with Gasteiger partial charge in [0.2, 0.25) is 35.4 Å². The van der Waals surface area contributed by atoms with Gasteiger partial charge in [-0.25, -0.2) is 4.98 Å². The number of likely N-dealkylation sites (tertiary alicyclic amines) is 4. The number of rotatable bonds is 22. The maximum atomic E-state index is 13.7. The molecule has 5 aromatic heterocycles. The van der Waals surface area contributed by atoms with E-state index in [4.69, 9.17) is 0 Å². The summed E-state index contributed by atoms with van der Waals surface area (Å²) in [6, 6.07) is 30.6. The molecule has 0 bridgehead atoms. The molecule has 7 amide bonds. The van der Waals surface area contributed by atoms with E-state index in [0.717, 1.165) is 86.9 Å². The number of amides is 7. The van der Waals surface area contributed by atoms with Crippen molar-refractivity contribution in [3.63, 3.8) is 0 Å². The molecule has 0 spiro atoms. The minimum atomic E-state index is -0.109. The highest BCUT2D eigenvalue weighted by Gasteiger charge is 2.42. The maximum Gasteiger partial charge on any atom is 0.256 e. The van der Waals surface area contributed by atoms with Crippen LogP contribution in [-0.4, -0.2) is 222 Å². The van der Waals surface area contributed by atoms with Gasteiger partial charge in [0.05, 0.1) is 36.3 Å². The van der Waals surface area contributed by atoms with Crippen LogP contribution in [0.5, 0.6) is 0 Å². The van der Waals surface area contributed by atoms with Gasteiger partial charge in [-0.3, -0.25) is 43.2 Å². The molecule has 10 heterocycles. The number of pyridine rings is 1. The van der Waals surface area contributed by atoms with Crippen LogP contribution in [0, 0.1) is 18.3 Å². The van der Waals surface area contributed by atoms with E-state index in [1.807, 2.05) is 119 Å². The molecule has 9 aromatic rings. The van der Waals surface area contributed by atoms with E-state index in [0.29, 0.717) is 117 Å². The van der Waals surface area contributed by atoms with Crippen LogP contribution in [0.15, 0.2) is 184 Å². The molecule has 23 nitrogen and oxygen atoms in total. The Hall–Kier alpha value is -9.54. The van der Waals surface area contributed by atoms with Gasteiger partial charge in [-0.2, -0.15) is 0 Å². The monoisotopic (exact) mass is 1780 g/mol. The van der Waals surface area contributed by atoms with Crippen molar-refractivity contribution in [1.82, 2.24) is 62.9 Å². The zero-order valence-corrected chi connectivity index (χ0v) is 70.9. The Labute approximate surface area is 692 Å².